The Balaban J connectivity index is 3.48. The van der Waals surface area contributed by atoms with Crippen LogP contribution in [0.4, 0.5) is 0 Å². The average Bonchev–Trinajstić information content (AvgIpc) is 1.86. The first-order chi connectivity index (χ1) is 5.04. The van der Waals surface area contributed by atoms with Gasteiger partial charge in [-0.3, -0.25) is 0 Å². The fourth-order valence-corrected chi connectivity index (χ4v) is 0.516. The predicted molar refractivity (Wildman–Crippen MR) is 46.1 cm³/mol. The van der Waals surface area contributed by atoms with E-state index in [4.69, 9.17) is 17.2 Å². The van der Waals surface area contributed by atoms with Crippen molar-refractivity contribution in [3.8, 4) is 0 Å². The van der Waals surface area contributed by atoms with E-state index < -0.39 is 0 Å². The summed E-state index contributed by atoms with van der Waals surface area (Å²) < 4.78 is 0. The van der Waals surface area contributed by atoms with Crippen molar-refractivity contribution in [1.29, 1.82) is 0 Å². The summed E-state index contributed by atoms with van der Waals surface area (Å²) >= 11 is 0. The molecule has 0 aliphatic rings. The number of rotatable bonds is 4. The monoisotopic (exact) mass is 159 g/mol. The van der Waals surface area contributed by atoms with E-state index in [1.807, 2.05) is 19.0 Å². The first kappa shape index (κ1) is 9.90. The van der Waals surface area contributed by atoms with Gasteiger partial charge in [0.25, 0.3) is 0 Å². The van der Waals surface area contributed by atoms with Crippen LogP contribution in [0, 0.1) is 0 Å². The number of hydrogen-bond acceptors (Lipinski definition) is 5. The van der Waals surface area contributed by atoms with Crippen LogP contribution in [0.1, 0.15) is 0 Å². The molecule has 0 rings (SSSR count). The third kappa shape index (κ3) is 5.35. The van der Waals surface area contributed by atoms with Crippen LogP contribution >= 0.6 is 0 Å². The third-order valence-corrected chi connectivity index (χ3v) is 1.19. The molecule has 0 aromatic heterocycles. The number of hydrogen-bond donors (Lipinski definition) is 4. The summed E-state index contributed by atoms with van der Waals surface area (Å²) in [5.74, 6) is 0.496. The van der Waals surface area contributed by atoms with E-state index in [0.717, 1.165) is 13.1 Å². The maximum absolute atomic E-state index is 5.40. The van der Waals surface area contributed by atoms with E-state index in [-0.39, 0.29) is 5.82 Å². The molecule has 0 aromatic carbocycles. The molecule has 0 saturated carbocycles. The molecule has 0 radical (unpaired) electrons. The van der Waals surface area contributed by atoms with Crippen molar-refractivity contribution in [2.45, 2.75) is 0 Å². The van der Waals surface area contributed by atoms with E-state index >= 15 is 0 Å². The predicted octanol–water partition coefficient (Wildman–Crippen LogP) is -1.86. The zero-order valence-corrected chi connectivity index (χ0v) is 7.09. The van der Waals surface area contributed by atoms with Gasteiger partial charge in [-0.25, -0.2) is 0 Å². The number of nitrogens with zero attached hydrogens (tertiary/aromatic N) is 1. The van der Waals surface area contributed by atoms with E-state index in [1.54, 1.807) is 0 Å². The minimum absolute atomic E-state index is 0.142. The van der Waals surface area contributed by atoms with Crippen molar-refractivity contribution in [3.63, 3.8) is 0 Å². The molecule has 0 unspecified atom stereocenters. The Morgan fingerprint density at radius 1 is 1.27 bits per heavy atom. The van der Waals surface area contributed by atoms with Gasteiger partial charge >= 0.3 is 0 Å². The maximum Gasteiger partial charge on any atom is 0.137 e. The second kappa shape index (κ2) is 4.68. The Kier molecular flexibility index (Phi) is 4.21. The van der Waals surface area contributed by atoms with Gasteiger partial charge in [0.05, 0.1) is 0 Å². The fourth-order valence-electron chi connectivity index (χ4n) is 0.516. The molecule has 0 heterocycles. The minimum Gasteiger partial charge on any atom is -0.383 e. The second-order valence-electron chi connectivity index (χ2n) is 2.60. The van der Waals surface area contributed by atoms with Gasteiger partial charge in [-0.15, -0.1) is 0 Å². The van der Waals surface area contributed by atoms with E-state index in [0.29, 0.717) is 5.82 Å². The molecule has 66 valence electrons. The van der Waals surface area contributed by atoms with Crippen LogP contribution in [0.3, 0.4) is 0 Å². The molecule has 5 nitrogen and oxygen atoms in total. The van der Waals surface area contributed by atoms with Gasteiger partial charge in [0.1, 0.15) is 11.6 Å². The number of nitrogens with one attached hydrogen (secondary N) is 1. The van der Waals surface area contributed by atoms with Gasteiger partial charge in [-0.05, 0) is 14.1 Å². The molecule has 5 heteroatoms. The van der Waals surface area contributed by atoms with E-state index in [1.165, 1.54) is 0 Å². The lowest BCUT2D eigenvalue weighted by atomic mass is 10.5. The molecular formula is C6H17N5. The van der Waals surface area contributed by atoms with Gasteiger partial charge in [0.2, 0.25) is 0 Å². The second-order valence-corrected chi connectivity index (χ2v) is 2.60. The van der Waals surface area contributed by atoms with Crippen LogP contribution < -0.4 is 22.5 Å². The highest BCUT2D eigenvalue weighted by Crippen LogP contribution is 1.77. The van der Waals surface area contributed by atoms with Gasteiger partial charge in [0, 0.05) is 13.1 Å². The molecule has 0 amide bonds. The quantitative estimate of drug-likeness (QED) is 0.386. The Hall–Kier alpha value is -1.10. The van der Waals surface area contributed by atoms with Gasteiger partial charge in [-0.1, -0.05) is 0 Å². The zero-order chi connectivity index (χ0) is 8.85. The van der Waals surface area contributed by atoms with E-state index in [9.17, 15) is 0 Å². The molecular weight excluding hydrogens is 142 g/mol. The molecule has 0 fully saturated rings. The van der Waals surface area contributed by atoms with Crippen LogP contribution in [-0.2, 0) is 0 Å². The highest BCUT2D eigenvalue weighted by molar-refractivity contribution is 5.00. The van der Waals surface area contributed by atoms with Crippen LogP contribution in [0.5, 0.6) is 0 Å². The molecule has 0 bridgehead atoms. The highest BCUT2D eigenvalue weighted by atomic mass is 15.1. The lowest BCUT2D eigenvalue weighted by molar-refractivity contribution is 0.407. The molecule has 0 saturated heterocycles. The summed E-state index contributed by atoms with van der Waals surface area (Å²) in [6, 6.07) is 0. The van der Waals surface area contributed by atoms with Gasteiger partial charge in [-0.2, -0.15) is 0 Å². The summed E-state index contributed by atoms with van der Waals surface area (Å²) in [6.07, 6.45) is 0. The van der Waals surface area contributed by atoms with Crippen molar-refractivity contribution >= 4 is 0 Å². The molecule has 0 aliphatic carbocycles. The largest absolute Gasteiger partial charge is 0.383 e. The lowest BCUT2D eigenvalue weighted by Gasteiger charge is -2.11. The van der Waals surface area contributed by atoms with E-state index in [2.05, 4.69) is 5.32 Å². The average molecular weight is 159 g/mol. The molecule has 0 aromatic rings. The van der Waals surface area contributed by atoms with Gasteiger partial charge in [0.15, 0.2) is 0 Å². The van der Waals surface area contributed by atoms with Gasteiger partial charge < -0.3 is 27.4 Å². The van der Waals surface area contributed by atoms with Crippen molar-refractivity contribution in [2.75, 3.05) is 27.2 Å². The molecule has 0 spiro atoms. The first-order valence-corrected chi connectivity index (χ1v) is 3.43. The topological polar surface area (TPSA) is 93.3 Å². The summed E-state index contributed by atoms with van der Waals surface area (Å²) in [4.78, 5) is 2.03. The highest BCUT2D eigenvalue weighted by Gasteiger charge is 1.93. The fraction of sp³-hybridized carbons (Fsp3) is 0.667. The summed E-state index contributed by atoms with van der Waals surface area (Å²) in [6.45, 7) is 1.64. The minimum atomic E-state index is 0.142. The Morgan fingerprint density at radius 2 is 1.82 bits per heavy atom. The molecule has 7 N–H and O–H groups in total. The Bertz CT molecular complexity index is 136. The third-order valence-electron chi connectivity index (χ3n) is 1.19. The maximum atomic E-state index is 5.40. The number of nitrogens with two attached hydrogens (primary N) is 3. The summed E-state index contributed by atoms with van der Waals surface area (Å²) in [5, 5.41) is 2.88. The SMILES string of the molecule is CN(C)CCNC(N)=C(N)N. The molecule has 0 atom stereocenters. The van der Waals surface area contributed by atoms with Crippen LogP contribution in [0.15, 0.2) is 11.6 Å². The van der Waals surface area contributed by atoms with Crippen molar-refractivity contribution in [2.24, 2.45) is 17.2 Å². The standard InChI is InChI=1S/C6H17N5/c1-11(2)4-3-10-6(9)5(7)8/h10H,3-4,7-9H2,1-2H3. The molecule has 0 aliphatic heterocycles. The smallest absolute Gasteiger partial charge is 0.137 e. The Labute approximate surface area is 67.2 Å². The first-order valence-electron chi connectivity index (χ1n) is 3.43. The van der Waals surface area contributed by atoms with Crippen molar-refractivity contribution in [3.05, 3.63) is 11.6 Å². The lowest BCUT2D eigenvalue weighted by Crippen LogP contribution is -2.33. The van der Waals surface area contributed by atoms with Crippen LogP contribution in [-0.4, -0.2) is 32.1 Å². The summed E-state index contributed by atoms with van der Waals surface area (Å²) in [7, 11) is 3.96. The Morgan fingerprint density at radius 3 is 2.18 bits per heavy atom. The van der Waals surface area contributed by atoms with Crippen molar-refractivity contribution in [1.82, 2.24) is 10.2 Å². The normalized spacial score (nSPS) is 9.73. The summed E-state index contributed by atoms with van der Waals surface area (Å²) in [5.41, 5.74) is 15.8. The zero-order valence-electron chi connectivity index (χ0n) is 7.09. The molecule has 11 heavy (non-hydrogen) atoms. The van der Waals surface area contributed by atoms with Crippen LogP contribution in [0.2, 0.25) is 0 Å². The van der Waals surface area contributed by atoms with Crippen LogP contribution in [0.25, 0.3) is 0 Å². The van der Waals surface area contributed by atoms with Crippen molar-refractivity contribution < 1.29 is 0 Å². The number of likely N-dealkylation sites (N-methyl/N-ethyl adjacent to an activating group) is 1.